The number of aliphatic hydroxyl groups is 1. The van der Waals surface area contributed by atoms with Gasteiger partial charge >= 0.3 is 5.97 Å². The van der Waals surface area contributed by atoms with Gasteiger partial charge in [-0.2, -0.15) is 0 Å². The Labute approximate surface area is 109 Å². The molecule has 2 rings (SSSR count). The Morgan fingerprint density at radius 1 is 1.28 bits per heavy atom. The van der Waals surface area contributed by atoms with Crippen LogP contribution in [0.25, 0.3) is 0 Å². The number of rotatable bonds is 5. The molecule has 0 spiro atoms. The Hall–Kier alpha value is -0.610. The van der Waals surface area contributed by atoms with Gasteiger partial charge in [-0.15, -0.1) is 0 Å². The zero-order valence-electron chi connectivity index (χ0n) is 11.2. The summed E-state index contributed by atoms with van der Waals surface area (Å²) in [5, 5.41) is 10.4. The second kappa shape index (κ2) is 6.02. The monoisotopic (exact) mass is 256 g/mol. The third-order valence-corrected chi connectivity index (χ3v) is 4.18. The van der Waals surface area contributed by atoms with Gasteiger partial charge in [-0.3, -0.25) is 4.79 Å². The Kier molecular flexibility index (Phi) is 4.62. The quantitative estimate of drug-likeness (QED) is 0.765. The van der Waals surface area contributed by atoms with E-state index in [1.54, 1.807) is 0 Å². The van der Waals surface area contributed by atoms with Crippen LogP contribution in [0.3, 0.4) is 0 Å². The van der Waals surface area contributed by atoms with Crippen LogP contribution in [0.15, 0.2) is 0 Å². The van der Waals surface area contributed by atoms with Gasteiger partial charge in [0.2, 0.25) is 0 Å². The Morgan fingerprint density at radius 2 is 1.94 bits per heavy atom. The number of carbonyl (C=O) groups excluding carboxylic acids is 1. The van der Waals surface area contributed by atoms with E-state index in [2.05, 4.69) is 0 Å². The zero-order chi connectivity index (χ0) is 13.0. The van der Waals surface area contributed by atoms with Crippen molar-refractivity contribution in [2.45, 2.75) is 63.6 Å². The van der Waals surface area contributed by atoms with Crippen LogP contribution in [0.2, 0.25) is 0 Å². The van der Waals surface area contributed by atoms with Gasteiger partial charge in [-0.05, 0) is 51.9 Å². The number of ether oxygens (including phenoxy) is 2. The average molecular weight is 256 g/mol. The predicted molar refractivity (Wildman–Crippen MR) is 67.1 cm³/mol. The SMILES string of the molecule is CCOC(=O)C1CCC(O)(COC2CCC2)CC1. The minimum atomic E-state index is -0.724. The molecule has 0 atom stereocenters. The lowest BCUT2D eigenvalue weighted by atomic mass is 9.79. The predicted octanol–water partition coefficient (Wildman–Crippen LogP) is 2.04. The maximum absolute atomic E-state index is 11.6. The van der Waals surface area contributed by atoms with Crippen molar-refractivity contribution in [1.82, 2.24) is 0 Å². The van der Waals surface area contributed by atoms with E-state index in [1.807, 2.05) is 6.92 Å². The summed E-state index contributed by atoms with van der Waals surface area (Å²) in [4.78, 5) is 11.6. The molecule has 1 N–H and O–H groups in total. The maximum atomic E-state index is 11.6. The van der Waals surface area contributed by atoms with Gasteiger partial charge in [0.05, 0.1) is 30.8 Å². The van der Waals surface area contributed by atoms with Crippen LogP contribution in [-0.4, -0.2) is 36.0 Å². The third kappa shape index (κ3) is 3.45. The third-order valence-electron chi connectivity index (χ3n) is 4.18. The lowest BCUT2D eigenvalue weighted by molar-refractivity contribution is -0.154. The van der Waals surface area contributed by atoms with E-state index in [9.17, 15) is 9.90 Å². The zero-order valence-corrected chi connectivity index (χ0v) is 11.2. The van der Waals surface area contributed by atoms with Crippen molar-refractivity contribution in [3.05, 3.63) is 0 Å². The number of hydrogen-bond donors (Lipinski definition) is 1. The fraction of sp³-hybridized carbons (Fsp3) is 0.929. The van der Waals surface area contributed by atoms with Crippen LogP contribution < -0.4 is 0 Å². The van der Waals surface area contributed by atoms with E-state index in [4.69, 9.17) is 9.47 Å². The molecule has 4 heteroatoms. The van der Waals surface area contributed by atoms with E-state index in [0.29, 0.717) is 45.0 Å². The van der Waals surface area contributed by atoms with Gasteiger partial charge < -0.3 is 14.6 Å². The van der Waals surface area contributed by atoms with Gasteiger partial charge in [0.15, 0.2) is 0 Å². The van der Waals surface area contributed by atoms with E-state index in [0.717, 1.165) is 12.8 Å². The van der Waals surface area contributed by atoms with E-state index < -0.39 is 5.60 Å². The smallest absolute Gasteiger partial charge is 0.308 e. The fourth-order valence-electron chi connectivity index (χ4n) is 2.61. The molecule has 2 fully saturated rings. The molecule has 2 saturated carbocycles. The molecule has 4 nitrogen and oxygen atoms in total. The fourth-order valence-corrected chi connectivity index (χ4v) is 2.61. The second-order valence-corrected chi connectivity index (χ2v) is 5.61. The van der Waals surface area contributed by atoms with Crippen molar-refractivity contribution >= 4 is 5.97 Å². The first-order valence-corrected chi connectivity index (χ1v) is 7.13. The lowest BCUT2D eigenvalue weighted by Gasteiger charge is -2.37. The highest BCUT2D eigenvalue weighted by Gasteiger charge is 2.37. The summed E-state index contributed by atoms with van der Waals surface area (Å²) < 4.78 is 10.7. The number of carbonyl (C=O) groups is 1. The lowest BCUT2D eigenvalue weighted by Crippen LogP contribution is -2.42. The first kappa shape index (κ1) is 13.8. The average Bonchev–Trinajstić information content (AvgIpc) is 2.28. The van der Waals surface area contributed by atoms with Crippen LogP contribution in [0.5, 0.6) is 0 Å². The van der Waals surface area contributed by atoms with Gasteiger partial charge in [-0.25, -0.2) is 0 Å². The first-order valence-electron chi connectivity index (χ1n) is 7.13. The summed E-state index contributed by atoms with van der Waals surface area (Å²) in [7, 11) is 0. The molecule has 0 aliphatic heterocycles. The van der Waals surface area contributed by atoms with Gasteiger partial charge in [0.25, 0.3) is 0 Å². The molecular formula is C14H24O4. The van der Waals surface area contributed by atoms with Crippen molar-refractivity contribution in [2.75, 3.05) is 13.2 Å². The summed E-state index contributed by atoms with van der Waals surface area (Å²) in [6, 6.07) is 0. The standard InChI is InChI=1S/C14H24O4/c1-2-17-13(15)11-6-8-14(16,9-7-11)10-18-12-4-3-5-12/h11-12,16H,2-10H2,1H3. The molecule has 2 aliphatic carbocycles. The van der Waals surface area contributed by atoms with E-state index in [1.165, 1.54) is 6.42 Å². The van der Waals surface area contributed by atoms with E-state index in [-0.39, 0.29) is 11.9 Å². The Morgan fingerprint density at radius 3 is 2.44 bits per heavy atom. The van der Waals surface area contributed by atoms with Crippen LogP contribution in [0.4, 0.5) is 0 Å². The van der Waals surface area contributed by atoms with Gasteiger partial charge in [0, 0.05) is 0 Å². The van der Waals surface area contributed by atoms with Crippen LogP contribution in [-0.2, 0) is 14.3 Å². The molecule has 0 saturated heterocycles. The summed E-state index contributed by atoms with van der Waals surface area (Å²) in [6.07, 6.45) is 6.56. The van der Waals surface area contributed by atoms with Gasteiger partial charge in [0.1, 0.15) is 0 Å². The largest absolute Gasteiger partial charge is 0.466 e. The molecule has 0 radical (unpaired) electrons. The van der Waals surface area contributed by atoms with Crippen LogP contribution >= 0.6 is 0 Å². The summed E-state index contributed by atoms with van der Waals surface area (Å²) >= 11 is 0. The molecule has 0 heterocycles. The van der Waals surface area contributed by atoms with Crippen molar-refractivity contribution < 1.29 is 19.4 Å². The van der Waals surface area contributed by atoms with Crippen LogP contribution in [0, 0.1) is 5.92 Å². The molecule has 0 unspecified atom stereocenters. The molecule has 0 aromatic rings. The summed E-state index contributed by atoms with van der Waals surface area (Å²) in [5.74, 6) is -0.145. The molecule has 18 heavy (non-hydrogen) atoms. The maximum Gasteiger partial charge on any atom is 0.308 e. The normalized spacial score (nSPS) is 32.9. The highest BCUT2D eigenvalue weighted by atomic mass is 16.5. The second-order valence-electron chi connectivity index (χ2n) is 5.61. The molecule has 0 bridgehead atoms. The molecule has 104 valence electrons. The highest BCUT2D eigenvalue weighted by molar-refractivity contribution is 5.72. The van der Waals surface area contributed by atoms with Crippen LogP contribution in [0.1, 0.15) is 51.9 Å². The molecule has 0 aromatic heterocycles. The Bertz CT molecular complexity index is 278. The van der Waals surface area contributed by atoms with Crippen molar-refractivity contribution in [2.24, 2.45) is 5.92 Å². The molecule has 0 amide bonds. The summed E-state index contributed by atoms with van der Waals surface area (Å²) in [5.41, 5.74) is -0.724. The molecule has 0 aromatic carbocycles. The number of esters is 1. The van der Waals surface area contributed by atoms with E-state index >= 15 is 0 Å². The first-order chi connectivity index (χ1) is 8.63. The Balaban J connectivity index is 1.71. The van der Waals surface area contributed by atoms with Gasteiger partial charge in [-0.1, -0.05) is 0 Å². The van der Waals surface area contributed by atoms with Crippen molar-refractivity contribution in [3.8, 4) is 0 Å². The molecular weight excluding hydrogens is 232 g/mol. The minimum absolute atomic E-state index is 0.0334. The highest BCUT2D eigenvalue weighted by Crippen LogP contribution is 2.34. The van der Waals surface area contributed by atoms with Crippen molar-refractivity contribution in [3.63, 3.8) is 0 Å². The topological polar surface area (TPSA) is 55.8 Å². The van der Waals surface area contributed by atoms with Crippen molar-refractivity contribution in [1.29, 1.82) is 0 Å². The minimum Gasteiger partial charge on any atom is -0.466 e. The number of hydrogen-bond acceptors (Lipinski definition) is 4. The molecule has 2 aliphatic rings. The summed E-state index contributed by atoms with van der Waals surface area (Å²) in [6.45, 7) is 2.68.